The van der Waals surface area contributed by atoms with E-state index in [9.17, 15) is 24.3 Å². The van der Waals surface area contributed by atoms with Crippen molar-refractivity contribution in [2.75, 3.05) is 36.0 Å². The van der Waals surface area contributed by atoms with Gasteiger partial charge in [0.05, 0.1) is 31.1 Å². The average Bonchev–Trinajstić information content (AvgIpc) is 3.83. The third-order valence-electron chi connectivity index (χ3n) is 8.35. The third-order valence-corrected chi connectivity index (χ3v) is 10.7. The summed E-state index contributed by atoms with van der Waals surface area (Å²) in [4.78, 5) is 58.2. The molecule has 0 bridgehead atoms. The van der Waals surface area contributed by atoms with E-state index in [1.165, 1.54) is 43.2 Å². The van der Waals surface area contributed by atoms with Crippen molar-refractivity contribution in [2.24, 2.45) is 0 Å². The molecule has 6 heterocycles. The number of nitrogens with one attached hydrogen (secondary N) is 2. The standard InChI is InChI=1S/C17H20N2O3S.C16H18N2O4S/c1-2-11-10-12(17(21)22)16(20)18-15(11)13-6-7-14(23-13)19-8-4-3-5-9-19;1-2-9-13(17-15(20)12(14(9)19)16(21)22)10-5-6-11(23-10)18-7-3-4-8-18/h6-7,10H,2-5,8-9H2,1H3,(H,18,20)(H,21,22);5-6H,2-4,7-8H2,1H3,(H,21,22)(H2,17,19,20). The van der Waals surface area contributed by atoms with Gasteiger partial charge in [0, 0.05) is 31.7 Å². The number of rotatable bonds is 8. The maximum Gasteiger partial charge on any atom is 0.345 e. The molecule has 2 aliphatic rings. The molecular weight excluding hydrogens is 629 g/mol. The fourth-order valence-electron chi connectivity index (χ4n) is 5.93. The van der Waals surface area contributed by atoms with Crippen LogP contribution in [0.3, 0.4) is 0 Å². The van der Waals surface area contributed by atoms with Crippen LogP contribution < -0.4 is 20.9 Å². The molecule has 0 aromatic carbocycles. The second-order valence-electron chi connectivity index (χ2n) is 11.3. The molecule has 11 nitrogen and oxygen atoms in total. The van der Waals surface area contributed by atoms with Crippen molar-refractivity contribution in [3.8, 4) is 26.9 Å². The normalized spacial score (nSPS) is 14.7. The summed E-state index contributed by atoms with van der Waals surface area (Å²) < 4.78 is 0. The van der Waals surface area contributed by atoms with Crippen LogP contribution >= 0.6 is 22.7 Å². The largest absolute Gasteiger partial charge is 0.506 e. The van der Waals surface area contributed by atoms with Crippen LogP contribution in [-0.4, -0.2) is 63.4 Å². The first kappa shape index (κ1) is 33.0. The highest BCUT2D eigenvalue weighted by Gasteiger charge is 2.23. The fourth-order valence-corrected chi connectivity index (χ4v) is 8.11. The molecule has 2 saturated heterocycles. The van der Waals surface area contributed by atoms with Gasteiger partial charge in [-0.15, -0.1) is 22.7 Å². The molecule has 4 aromatic heterocycles. The Kier molecular flexibility index (Phi) is 10.3. The fraction of sp³-hybridized carbons (Fsp3) is 0.394. The highest BCUT2D eigenvalue weighted by molar-refractivity contribution is 7.19. The van der Waals surface area contributed by atoms with Crippen molar-refractivity contribution in [1.29, 1.82) is 0 Å². The van der Waals surface area contributed by atoms with Gasteiger partial charge in [0.25, 0.3) is 11.1 Å². The molecule has 2 aliphatic heterocycles. The number of anilines is 2. The molecule has 244 valence electrons. The number of hydrogen-bond donors (Lipinski definition) is 5. The lowest BCUT2D eigenvalue weighted by atomic mass is 10.0. The molecule has 6 rings (SSSR count). The van der Waals surface area contributed by atoms with Gasteiger partial charge in [-0.3, -0.25) is 9.59 Å². The molecule has 0 saturated carbocycles. The minimum Gasteiger partial charge on any atom is -0.506 e. The molecule has 0 amide bonds. The topological polar surface area (TPSA) is 167 Å². The highest BCUT2D eigenvalue weighted by Crippen LogP contribution is 2.38. The molecule has 0 spiro atoms. The van der Waals surface area contributed by atoms with Gasteiger partial charge in [0.15, 0.2) is 5.56 Å². The number of carboxylic acid groups (broad SMARTS) is 2. The average molecular weight is 667 g/mol. The maximum atomic E-state index is 12.0. The zero-order chi connectivity index (χ0) is 33.0. The quantitative estimate of drug-likeness (QED) is 0.151. The van der Waals surface area contributed by atoms with Crippen LogP contribution in [0.5, 0.6) is 5.75 Å². The first-order valence-electron chi connectivity index (χ1n) is 15.5. The summed E-state index contributed by atoms with van der Waals surface area (Å²) in [5.41, 5.74) is 0.452. The number of aromatic amines is 2. The Labute approximate surface area is 273 Å². The number of hydrogen-bond acceptors (Lipinski definition) is 9. The smallest absolute Gasteiger partial charge is 0.345 e. The van der Waals surface area contributed by atoms with E-state index >= 15 is 0 Å². The van der Waals surface area contributed by atoms with E-state index < -0.39 is 34.4 Å². The number of nitrogens with zero attached hydrogens (tertiary/aromatic N) is 2. The predicted octanol–water partition coefficient (Wildman–Crippen LogP) is 6.02. The Morgan fingerprint density at radius 3 is 1.76 bits per heavy atom. The van der Waals surface area contributed by atoms with Gasteiger partial charge in [-0.05, 0) is 80.8 Å². The number of pyridine rings is 2. The summed E-state index contributed by atoms with van der Waals surface area (Å²) in [6.07, 6.45) is 7.18. The minimum atomic E-state index is -1.42. The Hall–Kier alpha value is -4.36. The van der Waals surface area contributed by atoms with Gasteiger partial charge < -0.3 is 35.1 Å². The molecule has 46 heavy (non-hydrogen) atoms. The second kappa shape index (κ2) is 14.4. The first-order valence-corrected chi connectivity index (χ1v) is 17.2. The third kappa shape index (κ3) is 6.90. The van der Waals surface area contributed by atoms with E-state index in [0.717, 1.165) is 52.2 Å². The Morgan fingerprint density at radius 1 is 0.739 bits per heavy atom. The number of aromatic nitrogens is 2. The molecular formula is C33H38N4O7S2. The molecule has 4 aromatic rings. The predicted molar refractivity (Wildman–Crippen MR) is 183 cm³/mol. The van der Waals surface area contributed by atoms with Crippen molar-refractivity contribution in [1.82, 2.24) is 9.97 Å². The number of thiophene rings is 2. The summed E-state index contributed by atoms with van der Waals surface area (Å²) in [5, 5.41) is 30.7. The summed E-state index contributed by atoms with van der Waals surface area (Å²) in [7, 11) is 0. The summed E-state index contributed by atoms with van der Waals surface area (Å²) in [5.74, 6) is -3.04. The molecule has 0 unspecified atom stereocenters. The van der Waals surface area contributed by atoms with Gasteiger partial charge in [-0.25, -0.2) is 9.59 Å². The van der Waals surface area contributed by atoms with Crippen LogP contribution in [0.15, 0.2) is 39.9 Å². The first-order chi connectivity index (χ1) is 22.1. The van der Waals surface area contributed by atoms with Crippen molar-refractivity contribution in [3.63, 3.8) is 0 Å². The molecule has 0 atom stereocenters. The van der Waals surface area contributed by atoms with E-state index in [0.29, 0.717) is 24.1 Å². The number of carbonyl (C=O) groups is 2. The summed E-state index contributed by atoms with van der Waals surface area (Å²) in [6, 6.07) is 9.51. The van der Waals surface area contributed by atoms with Crippen LogP contribution in [-0.2, 0) is 12.8 Å². The zero-order valence-corrected chi connectivity index (χ0v) is 27.5. The molecule has 13 heteroatoms. The lowest BCUT2D eigenvalue weighted by Crippen LogP contribution is -2.28. The molecule has 0 aliphatic carbocycles. The zero-order valence-electron chi connectivity index (χ0n) is 25.9. The second-order valence-corrected chi connectivity index (χ2v) is 13.4. The van der Waals surface area contributed by atoms with Crippen LogP contribution in [0.4, 0.5) is 10.0 Å². The van der Waals surface area contributed by atoms with E-state index in [4.69, 9.17) is 10.2 Å². The SMILES string of the molecule is CCc1c(-c2ccc(N3CCCC3)s2)[nH]c(=O)c(C(=O)O)c1O.CCc1cc(C(=O)O)c(=O)[nH]c1-c1ccc(N2CCCCC2)s1. The van der Waals surface area contributed by atoms with Gasteiger partial charge in [-0.2, -0.15) is 0 Å². The van der Waals surface area contributed by atoms with Gasteiger partial charge in [-0.1, -0.05) is 13.8 Å². The van der Waals surface area contributed by atoms with Crippen molar-refractivity contribution in [2.45, 2.75) is 58.8 Å². The van der Waals surface area contributed by atoms with Crippen LogP contribution in [0.1, 0.15) is 77.8 Å². The van der Waals surface area contributed by atoms with Crippen LogP contribution in [0.2, 0.25) is 0 Å². The number of aromatic hydroxyl groups is 1. The molecule has 2 fully saturated rings. The van der Waals surface area contributed by atoms with Gasteiger partial charge in [0.2, 0.25) is 0 Å². The van der Waals surface area contributed by atoms with E-state index in [1.807, 2.05) is 32.0 Å². The highest BCUT2D eigenvalue weighted by atomic mass is 32.1. The van der Waals surface area contributed by atoms with Gasteiger partial charge >= 0.3 is 11.9 Å². The van der Waals surface area contributed by atoms with E-state index in [-0.39, 0.29) is 5.56 Å². The van der Waals surface area contributed by atoms with E-state index in [1.54, 1.807) is 22.7 Å². The summed E-state index contributed by atoms with van der Waals surface area (Å²) in [6.45, 7) is 7.99. The molecule has 5 N–H and O–H groups in total. The summed E-state index contributed by atoms with van der Waals surface area (Å²) >= 11 is 3.20. The maximum absolute atomic E-state index is 12.0. The number of aryl methyl sites for hydroxylation is 1. The van der Waals surface area contributed by atoms with Crippen LogP contribution in [0.25, 0.3) is 21.1 Å². The lowest BCUT2D eigenvalue weighted by molar-refractivity contribution is 0.0682. The lowest BCUT2D eigenvalue weighted by Gasteiger charge is -2.27. The number of aromatic carboxylic acids is 2. The van der Waals surface area contributed by atoms with Crippen molar-refractivity contribution < 1.29 is 24.9 Å². The number of H-pyrrole nitrogens is 2. The Morgan fingerprint density at radius 2 is 1.26 bits per heavy atom. The Balaban J connectivity index is 0.000000181. The van der Waals surface area contributed by atoms with Gasteiger partial charge in [0.1, 0.15) is 11.3 Å². The number of piperidine rings is 1. The monoisotopic (exact) mass is 666 g/mol. The number of carboxylic acids is 2. The molecule has 0 radical (unpaired) electrons. The van der Waals surface area contributed by atoms with E-state index in [2.05, 4.69) is 25.8 Å². The van der Waals surface area contributed by atoms with Crippen LogP contribution in [0, 0.1) is 0 Å². The van der Waals surface area contributed by atoms with Crippen molar-refractivity contribution in [3.05, 3.63) is 73.3 Å². The van der Waals surface area contributed by atoms with Crippen molar-refractivity contribution >= 4 is 44.6 Å². The Bertz CT molecular complexity index is 1840. The minimum absolute atomic E-state index is 0.196.